The van der Waals surface area contributed by atoms with Crippen molar-refractivity contribution in [1.29, 1.82) is 0 Å². The highest BCUT2D eigenvalue weighted by atomic mass is 35.5. The number of anilines is 1. The molecule has 1 unspecified atom stereocenters. The Bertz CT molecular complexity index is 1410. The van der Waals surface area contributed by atoms with Gasteiger partial charge in [0.25, 0.3) is 5.91 Å². The normalized spacial score (nSPS) is 15.7. The van der Waals surface area contributed by atoms with E-state index in [4.69, 9.17) is 16.0 Å². The summed E-state index contributed by atoms with van der Waals surface area (Å²) in [5, 5.41) is 10.7. The zero-order valence-electron chi connectivity index (χ0n) is 17.8. The lowest BCUT2D eigenvalue weighted by Gasteiger charge is -2.22. The number of halogens is 1. The molecule has 0 bridgehead atoms. The third-order valence-corrected chi connectivity index (χ3v) is 6.65. The van der Waals surface area contributed by atoms with Gasteiger partial charge in [-0.15, -0.1) is 10.2 Å². The Labute approximate surface area is 193 Å². The number of hydrogen-bond acceptors (Lipinski definition) is 6. The molecule has 0 saturated heterocycles. The number of aromatic nitrogens is 2. The van der Waals surface area contributed by atoms with Crippen molar-refractivity contribution in [3.63, 3.8) is 0 Å². The second-order valence-electron chi connectivity index (χ2n) is 8.38. The van der Waals surface area contributed by atoms with Crippen LogP contribution in [0.5, 0.6) is 0 Å². The maximum Gasteiger partial charge on any atom is 0.297 e. The molecule has 0 spiro atoms. The molecule has 1 amide bonds. The number of carbonyl (C=O) groups excluding carboxylic acids is 1. The maximum absolute atomic E-state index is 13.6. The van der Waals surface area contributed by atoms with Gasteiger partial charge in [-0.2, -0.15) is 0 Å². The zero-order chi connectivity index (χ0) is 22.6. The van der Waals surface area contributed by atoms with E-state index in [-0.39, 0.29) is 11.2 Å². The van der Waals surface area contributed by atoms with Crippen LogP contribution in [0.25, 0.3) is 11.0 Å². The Morgan fingerprint density at radius 2 is 1.88 bits per heavy atom. The Kier molecular flexibility index (Phi) is 5.10. The summed E-state index contributed by atoms with van der Waals surface area (Å²) in [6, 6.07) is 11.9. The lowest BCUT2D eigenvalue weighted by molar-refractivity contribution is 0.0970. The van der Waals surface area contributed by atoms with Gasteiger partial charge in [0.1, 0.15) is 10.6 Å². The standard InChI is InChI=1S/C24H20ClN3O3S/c1-12(2)10-18-26-27-24(32-18)28-20(14-6-4-13(3)5-7-14)19-21(29)16-11-15(25)8-9-17(16)31-22(19)23(28)30/h4-9,11-12,20H,10H2,1-3H3. The Morgan fingerprint density at radius 3 is 2.59 bits per heavy atom. The van der Waals surface area contributed by atoms with Gasteiger partial charge >= 0.3 is 0 Å². The Hall–Kier alpha value is -3.03. The van der Waals surface area contributed by atoms with Crippen LogP contribution in [0.1, 0.15) is 52.1 Å². The number of fused-ring (bicyclic) bond motifs is 2. The van der Waals surface area contributed by atoms with E-state index >= 15 is 0 Å². The highest BCUT2D eigenvalue weighted by molar-refractivity contribution is 7.15. The fraction of sp³-hybridized carbons (Fsp3) is 0.250. The summed E-state index contributed by atoms with van der Waals surface area (Å²) in [5.74, 6) is 0.0521. The fourth-order valence-electron chi connectivity index (χ4n) is 3.98. The van der Waals surface area contributed by atoms with E-state index in [2.05, 4.69) is 24.0 Å². The SMILES string of the molecule is Cc1ccc(C2c3c(oc4ccc(Cl)cc4c3=O)C(=O)N2c2nnc(CC(C)C)s2)cc1. The van der Waals surface area contributed by atoms with Gasteiger partial charge in [-0.3, -0.25) is 14.5 Å². The summed E-state index contributed by atoms with van der Waals surface area (Å²) in [5.41, 5.74) is 2.24. The number of amides is 1. The van der Waals surface area contributed by atoms with Crippen LogP contribution in [0.15, 0.2) is 51.7 Å². The monoisotopic (exact) mass is 465 g/mol. The molecule has 1 aliphatic rings. The van der Waals surface area contributed by atoms with Crippen LogP contribution >= 0.6 is 22.9 Å². The molecular formula is C24H20ClN3O3S. The van der Waals surface area contributed by atoms with Gasteiger partial charge in [0.15, 0.2) is 5.43 Å². The minimum absolute atomic E-state index is 0.0380. The van der Waals surface area contributed by atoms with E-state index in [0.29, 0.717) is 32.6 Å². The first-order chi connectivity index (χ1) is 15.3. The summed E-state index contributed by atoms with van der Waals surface area (Å²) in [6.45, 7) is 6.20. The average molecular weight is 466 g/mol. The smallest absolute Gasteiger partial charge is 0.297 e. The van der Waals surface area contributed by atoms with E-state index in [0.717, 1.165) is 22.6 Å². The van der Waals surface area contributed by atoms with E-state index in [1.54, 1.807) is 18.2 Å². The molecule has 0 fully saturated rings. The van der Waals surface area contributed by atoms with Crippen LogP contribution in [-0.4, -0.2) is 16.1 Å². The first-order valence-electron chi connectivity index (χ1n) is 10.3. The van der Waals surface area contributed by atoms with Crippen molar-refractivity contribution >= 4 is 44.9 Å². The molecular weight excluding hydrogens is 446 g/mol. The van der Waals surface area contributed by atoms with E-state index in [1.807, 2.05) is 31.2 Å². The molecule has 2 aromatic heterocycles. The molecule has 32 heavy (non-hydrogen) atoms. The van der Waals surface area contributed by atoms with Crippen molar-refractivity contribution in [2.75, 3.05) is 4.90 Å². The summed E-state index contributed by atoms with van der Waals surface area (Å²) in [4.78, 5) is 28.6. The quantitative estimate of drug-likeness (QED) is 0.394. The number of hydrogen-bond donors (Lipinski definition) is 0. The zero-order valence-corrected chi connectivity index (χ0v) is 19.3. The summed E-state index contributed by atoms with van der Waals surface area (Å²) in [7, 11) is 0. The molecule has 0 radical (unpaired) electrons. The fourth-order valence-corrected chi connectivity index (χ4v) is 5.23. The van der Waals surface area contributed by atoms with Crippen molar-refractivity contribution in [2.24, 2.45) is 5.92 Å². The first-order valence-corrected chi connectivity index (χ1v) is 11.5. The maximum atomic E-state index is 13.6. The number of aryl methyl sites for hydroxylation is 1. The lowest BCUT2D eigenvalue weighted by atomic mass is 9.98. The largest absolute Gasteiger partial charge is 0.450 e. The number of carbonyl (C=O) groups is 1. The van der Waals surface area contributed by atoms with Crippen molar-refractivity contribution in [2.45, 2.75) is 33.2 Å². The van der Waals surface area contributed by atoms with Crippen molar-refractivity contribution in [3.05, 3.63) is 85.2 Å². The topological polar surface area (TPSA) is 76.3 Å². The molecule has 1 atom stereocenters. The average Bonchev–Trinajstić information content (AvgIpc) is 3.31. The van der Waals surface area contributed by atoms with Crippen LogP contribution in [-0.2, 0) is 6.42 Å². The third kappa shape index (κ3) is 3.42. The Morgan fingerprint density at radius 1 is 1.12 bits per heavy atom. The predicted octanol–water partition coefficient (Wildman–Crippen LogP) is 5.55. The van der Waals surface area contributed by atoms with E-state index in [1.165, 1.54) is 16.2 Å². The van der Waals surface area contributed by atoms with Crippen LogP contribution in [0, 0.1) is 12.8 Å². The van der Waals surface area contributed by atoms with Gasteiger partial charge in [-0.05, 0) is 36.6 Å². The highest BCUT2D eigenvalue weighted by Crippen LogP contribution is 2.42. The van der Waals surface area contributed by atoms with Gasteiger partial charge in [0.2, 0.25) is 10.9 Å². The second kappa shape index (κ2) is 7.83. The van der Waals surface area contributed by atoms with Gasteiger partial charge < -0.3 is 4.42 Å². The second-order valence-corrected chi connectivity index (χ2v) is 9.86. The highest BCUT2D eigenvalue weighted by Gasteiger charge is 2.45. The predicted molar refractivity (Wildman–Crippen MR) is 126 cm³/mol. The van der Waals surface area contributed by atoms with Crippen LogP contribution in [0.4, 0.5) is 5.13 Å². The molecule has 162 valence electrons. The van der Waals surface area contributed by atoms with Crippen molar-refractivity contribution in [3.8, 4) is 0 Å². The lowest BCUT2D eigenvalue weighted by Crippen LogP contribution is -2.29. The minimum Gasteiger partial charge on any atom is -0.450 e. The Balaban J connectivity index is 1.74. The molecule has 8 heteroatoms. The molecule has 5 rings (SSSR count). The molecule has 0 aliphatic carbocycles. The van der Waals surface area contributed by atoms with Gasteiger partial charge in [0, 0.05) is 11.4 Å². The third-order valence-electron chi connectivity index (χ3n) is 5.47. The number of rotatable bonds is 4. The van der Waals surface area contributed by atoms with Gasteiger partial charge in [0.05, 0.1) is 17.0 Å². The number of benzene rings is 2. The minimum atomic E-state index is -0.655. The molecule has 1 aliphatic heterocycles. The number of nitrogens with zero attached hydrogens (tertiary/aromatic N) is 3. The van der Waals surface area contributed by atoms with Gasteiger partial charge in [-0.25, -0.2) is 0 Å². The molecule has 2 aromatic carbocycles. The summed E-state index contributed by atoms with van der Waals surface area (Å²) in [6.07, 6.45) is 0.765. The van der Waals surface area contributed by atoms with Crippen LogP contribution in [0.2, 0.25) is 5.02 Å². The molecule has 0 saturated carbocycles. The van der Waals surface area contributed by atoms with Crippen LogP contribution < -0.4 is 10.3 Å². The van der Waals surface area contributed by atoms with Gasteiger partial charge in [-0.1, -0.05) is 66.6 Å². The van der Waals surface area contributed by atoms with E-state index < -0.39 is 11.9 Å². The molecule has 3 heterocycles. The van der Waals surface area contributed by atoms with Crippen LogP contribution in [0.3, 0.4) is 0 Å². The summed E-state index contributed by atoms with van der Waals surface area (Å²) >= 11 is 7.50. The van der Waals surface area contributed by atoms with Crippen molar-refractivity contribution < 1.29 is 9.21 Å². The first kappa shape index (κ1) is 20.8. The molecule has 4 aromatic rings. The molecule has 0 N–H and O–H groups in total. The van der Waals surface area contributed by atoms with E-state index in [9.17, 15) is 9.59 Å². The molecule has 6 nitrogen and oxygen atoms in total. The summed E-state index contributed by atoms with van der Waals surface area (Å²) < 4.78 is 5.96. The van der Waals surface area contributed by atoms with Crippen molar-refractivity contribution in [1.82, 2.24) is 10.2 Å².